The van der Waals surface area contributed by atoms with E-state index in [1.807, 2.05) is 6.92 Å². The number of hydrazone groups is 1. The minimum atomic E-state index is -0.403. The van der Waals surface area contributed by atoms with Crippen molar-refractivity contribution in [1.29, 1.82) is 0 Å². The third-order valence-corrected chi connectivity index (χ3v) is 3.86. The highest BCUT2D eigenvalue weighted by Gasteiger charge is 2.14. The van der Waals surface area contributed by atoms with Crippen LogP contribution in [-0.4, -0.2) is 40.1 Å². The molecule has 8 heteroatoms. The highest BCUT2D eigenvalue weighted by molar-refractivity contribution is 6.30. The number of methoxy groups -OCH3 is 3. The van der Waals surface area contributed by atoms with Crippen molar-refractivity contribution >= 4 is 23.7 Å². The fourth-order valence-corrected chi connectivity index (χ4v) is 2.58. The zero-order valence-corrected chi connectivity index (χ0v) is 16.3. The van der Waals surface area contributed by atoms with Gasteiger partial charge in [0.05, 0.1) is 27.5 Å². The smallest absolute Gasteiger partial charge is 0.277 e. The lowest BCUT2D eigenvalue weighted by Crippen LogP contribution is -2.24. The van der Waals surface area contributed by atoms with Crippen molar-refractivity contribution in [2.24, 2.45) is 5.10 Å². The molecule has 0 unspecified atom stereocenters. The number of rotatable bonds is 8. The lowest BCUT2D eigenvalue weighted by molar-refractivity contribution is -0.123. The predicted octanol–water partition coefficient (Wildman–Crippen LogP) is 3.20. The van der Waals surface area contributed by atoms with Gasteiger partial charge in [0, 0.05) is 10.6 Å². The van der Waals surface area contributed by atoms with E-state index in [-0.39, 0.29) is 6.61 Å². The van der Waals surface area contributed by atoms with E-state index in [1.165, 1.54) is 27.5 Å². The quantitative estimate of drug-likeness (QED) is 0.551. The first-order valence-corrected chi connectivity index (χ1v) is 8.37. The number of carbonyl (C=O) groups is 1. The standard InChI is InChI=1S/C19H21ClN2O5/c1-12-9-14(20)6-8-15(12)27-11-17(23)22-21-10-13-5-7-16(24-2)19(26-4)18(13)25-3/h5-10H,11H2,1-4H3,(H,22,23). The minimum absolute atomic E-state index is 0.178. The van der Waals surface area contributed by atoms with Gasteiger partial charge in [0.25, 0.3) is 5.91 Å². The highest BCUT2D eigenvalue weighted by Crippen LogP contribution is 2.38. The molecular weight excluding hydrogens is 372 g/mol. The van der Waals surface area contributed by atoms with Gasteiger partial charge in [0.15, 0.2) is 18.1 Å². The molecule has 27 heavy (non-hydrogen) atoms. The van der Waals surface area contributed by atoms with E-state index < -0.39 is 5.91 Å². The van der Waals surface area contributed by atoms with Crippen molar-refractivity contribution in [3.8, 4) is 23.0 Å². The average molecular weight is 393 g/mol. The summed E-state index contributed by atoms with van der Waals surface area (Å²) in [6.45, 7) is 1.67. The topological polar surface area (TPSA) is 78.4 Å². The molecule has 0 radical (unpaired) electrons. The van der Waals surface area contributed by atoms with E-state index >= 15 is 0 Å². The van der Waals surface area contributed by atoms with Crippen LogP contribution in [-0.2, 0) is 4.79 Å². The Morgan fingerprint density at radius 1 is 1.07 bits per heavy atom. The maximum Gasteiger partial charge on any atom is 0.277 e. The Balaban J connectivity index is 1.99. The molecule has 0 heterocycles. The predicted molar refractivity (Wildman–Crippen MR) is 104 cm³/mol. The van der Waals surface area contributed by atoms with Gasteiger partial charge in [-0.1, -0.05) is 11.6 Å². The summed E-state index contributed by atoms with van der Waals surface area (Å²) in [4.78, 5) is 11.9. The van der Waals surface area contributed by atoms with Crippen LogP contribution in [0.15, 0.2) is 35.4 Å². The second-order valence-electron chi connectivity index (χ2n) is 5.42. The number of nitrogens with zero attached hydrogens (tertiary/aromatic N) is 1. The van der Waals surface area contributed by atoms with Crippen molar-refractivity contribution in [1.82, 2.24) is 5.43 Å². The van der Waals surface area contributed by atoms with Crippen molar-refractivity contribution in [2.75, 3.05) is 27.9 Å². The molecule has 144 valence electrons. The zero-order valence-electron chi connectivity index (χ0n) is 15.5. The summed E-state index contributed by atoms with van der Waals surface area (Å²) in [6, 6.07) is 8.63. The first-order chi connectivity index (χ1) is 13.0. The number of nitrogens with one attached hydrogen (secondary N) is 1. The molecule has 0 bridgehead atoms. The van der Waals surface area contributed by atoms with Gasteiger partial charge in [0.1, 0.15) is 5.75 Å². The highest BCUT2D eigenvalue weighted by atomic mass is 35.5. The third kappa shape index (κ3) is 5.27. The number of halogens is 1. The maximum atomic E-state index is 11.9. The van der Waals surface area contributed by atoms with E-state index in [2.05, 4.69) is 10.5 Å². The van der Waals surface area contributed by atoms with E-state index in [1.54, 1.807) is 30.3 Å². The van der Waals surface area contributed by atoms with Crippen LogP contribution in [0.2, 0.25) is 5.02 Å². The molecule has 2 aromatic carbocycles. The summed E-state index contributed by atoms with van der Waals surface area (Å²) in [6.07, 6.45) is 1.45. The van der Waals surface area contributed by atoms with Crippen molar-refractivity contribution in [3.63, 3.8) is 0 Å². The lowest BCUT2D eigenvalue weighted by atomic mass is 10.2. The summed E-state index contributed by atoms with van der Waals surface area (Å²) >= 11 is 5.89. The number of benzene rings is 2. The van der Waals surface area contributed by atoms with Crippen LogP contribution < -0.4 is 24.4 Å². The van der Waals surface area contributed by atoms with Crippen LogP contribution in [0.5, 0.6) is 23.0 Å². The molecule has 0 aliphatic rings. The minimum Gasteiger partial charge on any atom is -0.493 e. The van der Waals surface area contributed by atoms with E-state index in [0.717, 1.165) is 5.56 Å². The first kappa shape index (κ1) is 20.4. The molecule has 0 aromatic heterocycles. The molecule has 0 spiro atoms. The Morgan fingerprint density at radius 3 is 2.41 bits per heavy atom. The summed E-state index contributed by atoms with van der Waals surface area (Å²) < 4.78 is 21.3. The van der Waals surface area contributed by atoms with Crippen molar-refractivity contribution < 1.29 is 23.7 Å². The molecule has 1 amide bonds. The van der Waals surface area contributed by atoms with Crippen LogP contribution in [0.25, 0.3) is 0 Å². The number of amides is 1. The fourth-order valence-electron chi connectivity index (χ4n) is 2.35. The molecular formula is C19H21ClN2O5. The maximum absolute atomic E-state index is 11.9. The normalized spacial score (nSPS) is 10.6. The van der Waals surface area contributed by atoms with Gasteiger partial charge in [-0.05, 0) is 42.8 Å². The molecule has 0 aliphatic heterocycles. The molecule has 0 saturated carbocycles. The molecule has 2 rings (SSSR count). The van der Waals surface area contributed by atoms with Crippen LogP contribution in [0.3, 0.4) is 0 Å². The van der Waals surface area contributed by atoms with Crippen molar-refractivity contribution in [3.05, 3.63) is 46.5 Å². The Bertz CT molecular complexity index is 839. The van der Waals surface area contributed by atoms with Crippen LogP contribution in [0, 0.1) is 6.92 Å². The van der Waals surface area contributed by atoms with Gasteiger partial charge in [-0.25, -0.2) is 5.43 Å². The fraction of sp³-hybridized carbons (Fsp3) is 0.263. The summed E-state index contributed by atoms with van der Waals surface area (Å²) in [7, 11) is 4.56. The van der Waals surface area contributed by atoms with Gasteiger partial charge < -0.3 is 18.9 Å². The number of hydrogen-bond donors (Lipinski definition) is 1. The third-order valence-electron chi connectivity index (χ3n) is 3.62. The molecule has 0 saturated heterocycles. The van der Waals surface area contributed by atoms with Crippen LogP contribution in [0.1, 0.15) is 11.1 Å². The number of ether oxygens (including phenoxy) is 4. The second-order valence-corrected chi connectivity index (χ2v) is 5.85. The van der Waals surface area contributed by atoms with Gasteiger partial charge in [-0.3, -0.25) is 4.79 Å². The number of hydrogen-bond acceptors (Lipinski definition) is 6. The van der Waals surface area contributed by atoms with Crippen LogP contribution in [0.4, 0.5) is 0 Å². The molecule has 1 N–H and O–H groups in total. The van der Waals surface area contributed by atoms with Crippen LogP contribution >= 0.6 is 11.6 Å². The monoisotopic (exact) mass is 392 g/mol. The SMILES string of the molecule is COc1ccc(C=NNC(=O)COc2ccc(Cl)cc2C)c(OC)c1OC. The summed E-state index contributed by atoms with van der Waals surface area (Å²) in [5.41, 5.74) is 3.86. The number of carbonyl (C=O) groups excluding carboxylic acids is 1. The van der Waals surface area contributed by atoms with E-state index in [4.69, 9.17) is 30.5 Å². The number of aryl methyl sites for hydroxylation is 1. The summed E-state index contributed by atoms with van der Waals surface area (Å²) in [5.74, 6) is 1.60. The Kier molecular flexibility index (Phi) is 7.31. The molecule has 0 fully saturated rings. The zero-order chi connectivity index (χ0) is 19.8. The molecule has 0 aliphatic carbocycles. The van der Waals surface area contributed by atoms with E-state index in [9.17, 15) is 4.79 Å². The lowest BCUT2D eigenvalue weighted by Gasteiger charge is -2.13. The van der Waals surface area contributed by atoms with Gasteiger partial charge in [-0.15, -0.1) is 0 Å². The van der Waals surface area contributed by atoms with Gasteiger partial charge in [-0.2, -0.15) is 5.10 Å². The Labute approximate surface area is 162 Å². The summed E-state index contributed by atoms with van der Waals surface area (Å²) in [5, 5.41) is 4.54. The Hall–Kier alpha value is -2.93. The van der Waals surface area contributed by atoms with Crippen molar-refractivity contribution in [2.45, 2.75) is 6.92 Å². The van der Waals surface area contributed by atoms with E-state index in [0.29, 0.717) is 33.6 Å². The molecule has 0 atom stereocenters. The van der Waals surface area contributed by atoms with Gasteiger partial charge >= 0.3 is 0 Å². The van der Waals surface area contributed by atoms with Gasteiger partial charge in [0.2, 0.25) is 5.75 Å². The average Bonchev–Trinajstić information content (AvgIpc) is 2.66. The first-order valence-electron chi connectivity index (χ1n) is 8.00. The largest absolute Gasteiger partial charge is 0.493 e. The second kappa shape index (κ2) is 9.68. The Morgan fingerprint density at radius 2 is 1.78 bits per heavy atom. The molecule has 7 nitrogen and oxygen atoms in total. The molecule has 2 aromatic rings.